The summed E-state index contributed by atoms with van der Waals surface area (Å²) in [5.74, 6) is 1.29. The average Bonchev–Trinajstić information content (AvgIpc) is 3.18. The van der Waals surface area contributed by atoms with Crippen LogP contribution in [0.5, 0.6) is 0 Å². The van der Waals surface area contributed by atoms with E-state index in [0.29, 0.717) is 23.7 Å². The molecule has 0 fully saturated rings. The highest BCUT2D eigenvalue weighted by atomic mass is 32.2. The molecule has 0 amide bonds. The van der Waals surface area contributed by atoms with Crippen molar-refractivity contribution in [3.63, 3.8) is 0 Å². The smallest absolute Gasteiger partial charge is 0.268 e. The molecule has 2 heterocycles. The summed E-state index contributed by atoms with van der Waals surface area (Å²) >= 11 is 0. The molecule has 2 aromatic carbocycles. The Morgan fingerprint density at radius 3 is 2.25 bits per heavy atom. The molecule has 0 N–H and O–H groups in total. The lowest BCUT2D eigenvalue weighted by Crippen LogP contribution is -2.38. The van der Waals surface area contributed by atoms with Crippen LogP contribution in [0.4, 0.5) is 0 Å². The molecule has 0 spiro atoms. The summed E-state index contributed by atoms with van der Waals surface area (Å²) in [5.41, 5.74) is 1.46. The van der Waals surface area contributed by atoms with Gasteiger partial charge >= 0.3 is 0 Å². The van der Waals surface area contributed by atoms with E-state index < -0.39 is 16.1 Å². The molecule has 0 saturated carbocycles. The molecule has 2 atom stereocenters. The van der Waals surface area contributed by atoms with Crippen LogP contribution in [0.2, 0.25) is 0 Å². The quantitative estimate of drug-likeness (QED) is 0.586. The SMILES string of the molecule is COC1=N[C@H](C(C)C)C(OC)=N[C@H]1Cc1cn(S(=O)(=O)c2ccccc2)c2ccccc12. The number of para-hydroxylation sites is 1. The van der Waals surface area contributed by atoms with Crippen molar-refractivity contribution in [2.75, 3.05) is 14.2 Å². The van der Waals surface area contributed by atoms with E-state index in [1.165, 1.54) is 3.97 Å². The maximum absolute atomic E-state index is 13.4. The summed E-state index contributed by atoms with van der Waals surface area (Å²) in [5, 5.41) is 0.850. The molecule has 1 aliphatic heterocycles. The summed E-state index contributed by atoms with van der Waals surface area (Å²) in [7, 11) is -0.568. The monoisotopic (exact) mass is 453 g/mol. The number of fused-ring (bicyclic) bond motifs is 1. The highest BCUT2D eigenvalue weighted by Gasteiger charge is 2.32. The Morgan fingerprint density at radius 1 is 0.938 bits per heavy atom. The van der Waals surface area contributed by atoms with Gasteiger partial charge in [0.15, 0.2) is 0 Å². The van der Waals surface area contributed by atoms with Gasteiger partial charge in [0.25, 0.3) is 10.0 Å². The Balaban J connectivity index is 1.78. The van der Waals surface area contributed by atoms with Gasteiger partial charge in [-0.3, -0.25) is 0 Å². The molecule has 168 valence electrons. The molecule has 7 nitrogen and oxygen atoms in total. The van der Waals surface area contributed by atoms with E-state index in [0.717, 1.165) is 10.9 Å². The zero-order valence-electron chi connectivity index (χ0n) is 18.6. The molecule has 8 heteroatoms. The molecular weight excluding hydrogens is 426 g/mol. The van der Waals surface area contributed by atoms with Crippen LogP contribution in [0.25, 0.3) is 10.9 Å². The molecular formula is C24H27N3O4S. The fraction of sp³-hybridized carbons (Fsp3) is 0.333. The summed E-state index contributed by atoms with van der Waals surface area (Å²) in [6.07, 6.45) is 2.11. The number of nitrogens with zero attached hydrogens (tertiary/aromatic N) is 3. The summed E-state index contributed by atoms with van der Waals surface area (Å²) in [6, 6.07) is 15.3. The minimum atomic E-state index is -3.75. The fourth-order valence-electron chi connectivity index (χ4n) is 3.99. The molecule has 0 saturated heterocycles. The minimum absolute atomic E-state index is 0.203. The number of hydrogen-bond donors (Lipinski definition) is 0. The Morgan fingerprint density at radius 2 is 1.59 bits per heavy atom. The van der Waals surface area contributed by atoms with Crippen LogP contribution in [0.3, 0.4) is 0 Å². The number of ether oxygens (including phenoxy) is 2. The van der Waals surface area contributed by atoms with Gasteiger partial charge in [-0.1, -0.05) is 50.2 Å². The summed E-state index contributed by atoms with van der Waals surface area (Å²) in [4.78, 5) is 9.73. The summed E-state index contributed by atoms with van der Waals surface area (Å²) < 4.78 is 39.1. The van der Waals surface area contributed by atoms with Crippen molar-refractivity contribution in [1.82, 2.24) is 3.97 Å². The van der Waals surface area contributed by atoms with Gasteiger partial charge in [-0.2, -0.15) is 0 Å². The van der Waals surface area contributed by atoms with Crippen LogP contribution in [0.15, 0.2) is 75.7 Å². The first-order chi connectivity index (χ1) is 15.4. The van der Waals surface area contributed by atoms with Gasteiger partial charge in [-0.25, -0.2) is 22.4 Å². The zero-order valence-corrected chi connectivity index (χ0v) is 19.4. The second-order valence-corrected chi connectivity index (χ2v) is 9.85. The normalized spacial score (nSPS) is 19.0. The first kappa shape index (κ1) is 22.1. The third kappa shape index (κ3) is 3.90. The van der Waals surface area contributed by atoms with Crippen molar-refractivity contribution in [2.45, 2.75) is 37.2 Å². The first-order valence-electron chi connectivity index (χ1n) is 10.5. The number of benzene rings is 2. The van der Waals surface area contributed by atoms with E-state index >= 15 is 0 Å². The molecule has 3 aromatic rings. The van der Waals surface area contributed by atoms with E-state index in [1.54, 1.807) is 50.7 Å². The average molecular weight is 454 g/mol. The van der Waals surface area contributed by atoms with Crippen molar-refractivity contribution < 1.29 is 17.9 Å². The second-order valence-electron chi connectivity index (χ2n) is 8.04. The largest absolute Gasteiger partial charge is 0.483 e. The molecule has 32 heavy (non-hydrogen) atoms. The Hall–Kier alpha value is -3.13. The van der Waals surface area contributed by atoms with Gasteiger partial charge < -0.3 is 9.47 Å². The molecule has 1 aromatic heterocycles. The first-order valence-corrected chi connectivity index (χ1v) is 11.9. The lowest BCUT2D eigenvalue weighted by molar-refractivity contribution is 0.333. The lowest BCUT2D eigenvalue weighted by Gasteiger charge is -2.27. The van der Waals surface area contributed by atoms with Gasteiger partial charge in [0, 0.05) is 18.0 Å². The van der Waals surface area contributed by atoms with Crippen LogP contribution in [-0.2, 0) is 25.9 Å². The second kappa shape index (κ2) is 8.78. The van der Waals surface area contributed by atoms with Crippen LogP contribution in [0.1, 0.15) is 19.4 Å². The van der Waals surface area contributed by atoms with Crippen molar-refractivity contribution in [1.29, 1.82) is 0 Å². The van der Waals surface area contributed by atoms with Crippen molar-refractivity contribution in [2.24, 2.45) is 15.9 Å². The number of methoxy groups -OCH3 is 2. The Bertz CT molecular complexity index is 1280. The van der Waals surface area contributed by atoms with Crippen LogP contribution < -0.4 is 0 Å². The standard InChI is InChI=1S/C24H27N3O4S/c1-16(2)22-24(31-4)25-20(23(26-22)30-3)14-17-15-27(21-13-9-8-12-19(17)21)32(28,29)18-10-6-5-7-11-18/h5-13,15-16,20,22H,14H2,1-4H3/t20-,22+/m0/s1. The molecule has 1 aliphatic rings. The van der Waals surface area contributed by atoms with Gasteiger partial charge in [-0.15, -0.1) is 0 Å². The van der Waals surface area contributed by atoms with Crippen LogP contribution >= 0.6 is 0 Å². The van der Waals surface area contributed by atoms with Gasteiger partial charge in [0.05, 0.1) is 24.6 Å². The Labute approximate surface area is 188 Å². The van der Waals surface area contributed by atoms with E-state index in [4.69, 9.17) is 19.5 Å². The van der Waals surface area contributed by atoms with Crippen LogP contribution in [0, 0.1) is 5.92 Å². The lowest BCUT2D eigenvalue weighted by atomic mass is 10.0. The number of rotatable bonds is 5. The molecule has 0 radical (unpaired) electrons. The molecule has 0 unspecified atom stereocenters. The van der Waals surface area contributed by atoms with Crippen molar-refractivity contribution in [3.8, 4) is 0 Å². The van der Waals surface area contributed by atoms with Crippen molar-refractivity contribution >= 4 is 32.7 Å². The van der Waals surface area contributed by atoms with E-state index in [1.807, 2.05) is 24.3 Å². The maximum atomic E-state index is 13.4. The topological polar surface area (TPSA) is 82.2 Å². The fourth-order valence-corrected chi connectivity index (χ4v) is 5.40. The number of aromatic nitrogens is 1. The molecule has 0 bridgehead atoms. The summed E-state index contributed by atoms with van der Waals surface area (Å²) in [6.45, 7) is 4.11. The minimum Gasteiger partial charge on any atom is -0.483 e. The van der Waals surface area contributed by atoms with E-state index in [9.17, 15) is 8.42 Å². The van der Waals surface area contributed by atoms with Crippen LogP contribution in [-0.4, -0.2) is 50.5 Å². The zero-order chi connectivity index (χ0) is 22.9. The van der Waals surface area contributed by atoms with Crippen molar-refractivity contribution in [3.05, 3.63) is 66.4 Å². The molecule has 4 rings (SSSR count). The van der Waals surface area contributed by atoms with E-state index in [-0.39, 0.29) is 16.9 Å². The highest BCUT2D eigenvalue weighted by Crippen LogP contribution is 2.28. The van der Waals surface area contributed by atoms with Gasteiger partial charge in [-0.05, 0) is 29.7 Å². The van der Waals surface area contributed by atoms with Gasteiger partial charge in [0.1, 0.15) is 12.1 Å². The predicted octanol–water partition coefficient (Wildman–Crippen LogP) is 3.92. The number of aliphatic imine (C=N–C) groups is 2. The third-order valence-electron chi connectivity index (χ3n) is 5.61. The molecule has 0 aliphatic carbocycles. The maximum Gasteiger partial charge on any atom is 0.268 e. The Kier molecular flexibility index (Phi) is 6.06. The third-order valence-corrected chi connectivity index (χ3v) is 7.30. The number of hydrogen-bond acceptors (Lipinski definition) is 6. The highest BCUT2D eigenvalue weighted by molar-refractivity contribution is 7.90. The van der Waals surface area contributed by atoms with E-state index in [2.05, 4.69) is 13.8 Å². The van der Waals surface area contributed by atoms with Gasteiger partial charge in [0.2, 0.25) is 11.8 Å². The predicted molar refractivity (Wildman–Crippen MR) is 126 cm³/mol.